The van der Waals surface area contributed by atoms with Crippen LogP contribution in [0.5, 0.6) is 0 Å². The Labute approximate surface area is 110 Å². The lowest BCUT2D eigenvalue weighted by Crippen LogP contribution is -1.95. The molecule has 1 radical (unpaired) electrons. The molecule has 17 heavy (non-hydrogen) atoms. The van der Waals surface area contributed by atoms with Crippen LogP contribution in [0.3, 0.4) is 0 Å². The third-order valence-electron chi connectivity index (χ3n) is 4.19. The van der Waals surface area contributed by atoms with Gasteiger partial charge in [0.1, 0.15) is 0 Å². The van der Waals surface area contributed by atoms with Gasteiger partial charge in [0.15, 0.2) is 0 Å². The lowest BCUT2D eigenvalue weighted by Gasteiger charge is -2.12. The van der Waals surface area contributed by atoms with Gasteiger partial charge in [0.2, 0.25) is 0 Å². The van der Waals surface area contributed by atoms with E-state index >= 15 is 0 Å². The van der Waals surface area contributed by atoms with E-state index in [1.807, 2.05) is 5.92 Å². The minimum atomic E-state index is 1.37. The van der Waals surface area contributed by atoms with Gasteiger partial charge in [-0.2, -0.15) is 0 Å². The average Bonchev–Trinajstić information content (AvgIpc) is 2.61. The van der Waals surface area contributed by atoms with Gasteiger partial charge in [0.25, 0.3) is 0 Å². The van der Waals surface area contributed by atoms with Gasteiger partial charge in [-0.15, -0.1) is 0 Å². The van der Waals surface area contributed by atoms with E-state index in [1.165, 1.54) is 96.3 Å². The fraction of sp³-hybridized carbons (Fsp3) is 0.941. The molecule has 0 heteroatoms. The molecule has 0 aromatic carbocycles. The molecule has 0 bridgehead atoms. The number of hydrogen-bond donors (Lipinski definition) is 0. The average molecular weight is 237 g/mol. The first-order chi connectivity index (χ1) is 8.43. The summed E-state index contributed by atoms with van der Waals surface area (Å²) in [6, 6.07) is 0. The first-order valence-electron chi connectivity index (χ1n) is 8.27. The van der Waals surface area contributed by atoms with Gasteiger partial charge >= 0.3 is 0 Å². The molecule has 1 aliphatic rings. The summed E-state index contributed by atoms with van der Waals surface area (Å²) in [5, 5.41) is 0. The summed E-state index contributed by atoms with van der Waals surface area (Å²) >= 11 is 0. The van der Waals surface area contributed by atoms with Gasteiger partial charge in [0.05, 0.1) is 0 Å². The normalized spacial score (nSPS) is 18.2. The Morgan fingerprint density at radius 1 is 0.647 bits per heavy atom. The van der Waals surface area contributed by atoms with Crippen LogP contribution in [-0.4, -0.2) is 0 Å². The van der Waals surface area contributed by atoms with E-state index in [4.69, 9.17) is 0 Å². The van der Waals surface area contributed by atoms with Crippen LogP contribution in [0.4, 0.5) is 0 Å². The lowest BCUT2D eigenvalue weighted by molar-refractivity contribution is 0.550. The highest BCUT2D eigenvalue weighted by Gasteiger charge is 2.11. The Kier molecular flexibility index (Phi) is 9.84. The van der Waals surface area contributed by atoms with E-state index in [1.54, 1.807) is 0 Å². The predicted molar refractivity (Wildman–Crippen MR) is 78.2 cm³/mol. The predicted octanol–water partition coefficient (Wildman–Crippen LogP) is 6.45. The molecular formula is C17H33. The van der Waals surface area contributed by atoms with Crippen LogP contribution < -0.4 is 0 Å². The third-order valence-corrected chi connectivity index (χ3v) is 4.19. The van der Waals surface area contributed by atoms with E-state index in [0.717, 1.165) is 0 Å². The van der Waals surface area contributed by atoms with Crippen LogP contribution in [0, 0.1) is 5.92 Å². The molecule has 1 saturated carbocycles. The van der Waals surface area contributed by atoms with Crippen molar-refractivity contribution in [1.82, 2.24) is 0 Å². The van der Waals surface area contributed by atoms with Crippen molar-refractivity contribution >= 4 is 0 Å². The van der Waals surface area contributed by atoms with Gasteiger partial charge < -0.3 is 0 Å². The van der Waals surface area contributed by atoms with Crippen LogP contribution in [0.2, 0.25) is 0 Å². The van der Waals surface area contributed by atoms with Crippen molar-refractivity contribution in [2.24, 2.45) is 0 Å². The number of unbranched alkanes of at least 4 members (excludes halogenated alkanes) is 7. The third kappa shape index (κ3) is 8.69. The summed E-state index contributed by atoms with van der Waals surface area (Å²) in [7, 11) is 0. The second-order valence-corrected chi connectivity index (χ2v) is 5.89. The minimum absolute atomic E-state index is 1.37. The van der Waals surface area contributed by atoms with Crippen molar-refractivity contribution < 1.29 is 0 Å². The summed E-state index contributed by atoms with van der Waals surface area (Å²) in [5.41, 5.74) is 0. The zero-order valence-electron chi connectivity index (χ0n) is 12.1. The van der Waals surface area contributed by atoms with Crippen LogP contribution >= 0.6 is 0 Å². The number of rotatable bonds is 9. The molecule has 0 spiro atoms. The molecule has 1 aliphatic carbocycles. The summed E-state index contributed by atoms with van der Waals surface area (Å²) in [4.78, 5) is 0. The van der Waals surface area contributed by atoms with Crippen molar-refractivity contribution in [3.63, 3.8) is 0 Å². The molecule has 0 unspecified atom stereocenters. The molecule has 0 heterocycles. The molecule has 0 N–H and O–H groups in total. The van der Waals surface area contributed by atoms with Crippen molar-refractivity contribution in [1.29, 1.82) is 0 Å². The zero-order chi connectivity index (χ0) is 12.2. The highest BCUT2D eigenvalue weighted by Crippen LogP contribution is 2.29. The first-order valence-corrected chi connectivity index (χ1v) is 8.27. The summed E-state index contributed by atoms with van der Waals surface area (Å²) in [5.74, 6) is 1.90. The van der Waals surface area contributed by atoms with Crippen LogP contribution in [0.25, 0.3) is 0 Å². The largest absolute Gasteiger partial charge is 0.0654 e. The lowest BCUT2D eigenvalue weighted by atomic mass is 9.93. The van der Waals surface area contributed by atoms with Gasteiger partial charge in [-0.1, -0.05) is 84.0 Å². The van der Waals surface area contributed by atoms with Crippen LogP contribution in [-0.2, 0) is 0 Å². The molecule has 0 aromatic rings. The Bertz CT molecular complexity index is 142. The van der Waals surface area contributed by atoms with Gasteiger partial charge in [-0.05, 0) is 25.2 Å². The monoisotopic (exact) mass is 237 g/mol. The quantitative estimate of drug-likeness (QED) is 0.319. The fourth-order valence-electron chi connectivity index (χ4n) is 2.99. The summed E-state index contributed by atoms with van der Waals surface area (Å²) in [6.07, 6.45) is 22.0. The molecule has 0 atom stereocenters. The SMILES string of the molecule is CCCCCCCCCC[C]1CCCCCC1. The van der Waals surface area contributed by atoms with E-state index in [2.05, 4.69) is 6.92 Å². The second-order valence-electron chi connectivity index (χ2n) is 5.89. The molecule has 1 fully saturated rings. The first kappa shape index (κ1) is 15.1. The molecule has 0 aliphatic heterocycles. The van der Waals surface area contributed by atoms with Gasteiger partial charge in [0, 0.05) is 0 Å². The fourth-order valence-corrected chi connectivity index (χ4v) is 2.99. The van der Waals surface area contributed by atoms with E-state index in [0.29, 0.717) is 0 Å². The minimum Gasteiger partial charge on any atom is -0.0654 e. The van der Waals surface area contributed by atoms with Gasteiger partial charge in [-0.3, -0.25) is 0 Å². The van der Waals surface area contributed by atoms with E-state index in [-0.39, 0.29) is 0 Å². The Hall–Kier alpha value is 0. The molecule has 0 nitrogen and oxygen atoms in total. The highest BCUT2D eigenvalue weighted by molar-refractivity contribution is 4.90. The second kappa shape index (κ2) is 11.1. The van der Waals surface area contributed by atoms with Crippen molar-refractivity contribution in [2.75, 3.05) is 0 Å². The maximum atomic E-state index is 2.30. The number of hydrogen-bond acceptors (Lipinski definition) is 0. The highest BCUT2D eigenvalue weighted by atomic mass is 14.2. The molecule has 1 rings (SSSR count). The maximum Gasteiger partial charge on any atom is -0.0241 e. The Morgan fingerprint density at radius 3 is 1.76 bits per heavy atom. The van der Waals surface area contributed by atoms with Gasteiger partial charge in [-0.25, -0.2) is 0 Å². The molecule has 0 aromatic heterocycles. The standard InChI is InChI=1S/C17H33/c1-2-3-4-5-6-7-8-11-14-17-15-12-9-10-13-16-17/h2-16H2,1H3. The van der Waals surface area contributed by atoms with Crippen molar-refractivity contribution in [2.45, 2.75) is 103 Å². The van der Waals surface area contributed by atoms with Crippen molar-refractivity contribution in [3.8, 4) is 0 Å². The zero-order valence-corrected chi connectivity index (χ0v) is 12.1. The molecule has 0 saturated heterocycles. The summed E-state index contributed by atoms with van der Waals surface area (Å²) < 4.78 is 0. The van der Waals surface area contributed by atoms with E-state index < -0.39 is 0 Å². The smallest absolute Gasteiger partial charge is 0.0241 e. The molecule has 0 amide bonds. The van der Waals surface area contributed by atoms with Crippen LogP contribution in [0.15, 0.2) is 0 Å². The topological polar surface area (TPSA) is 0 Å². The Morgan fingerprint density at radius 2 is 1.18 bits per heavy atom. The summed E-state index contributed by atoms with van der Waals surface area (Å²) in [6.45, 7) is 2.30. The van der Waals surface area contributed by atoms with Crippen molar-refractivity contribution in [3.05, 3.63) is 5.92 Å². The van der Waals surface area contributed by atoms with Crippen LogP contribution in [0.1, 0.15) is 103 Å². The molecular weight excluding hydrogens is 204 g/mol. The Balaban J connectivity index is 1.82. The van der Waals surface area contributed by atoms with E-state index in [9.17, 15) is 0 Å². The molecule has 101 valence electrons. The maximum absolute atomic E-state index is 2.30.